The molecule has 1 amide bonds. The predicted octanol–water partition coefficient (Wildman–Crippen LogP) is 2.88. The van der Waals surface area contributed by atoms with Gasteiger partial charge in [-0.1, -0.05) is 45.4 Å². The molecule has 2 atom stereocenters. The van der Waals surface area contributed by atoms with Crippen molar-refractivity contribution in [3.63, 3.8) is 0 Å². The Hall–Kier alpha value is -1.10. The van der Waals surface area contributed by atoms with Crippen LogP contribution in [0.1, 0.15) is 72.1 Å². The highest BCUT2D eigenvalue weighted by molar-refractivity contribution is 5.72. The number of carbonyl (C=O) groups excluding carboxylic acids is 2. The monoisotopic (exact) mass is 326 g/mol. The van der Waals surface area contributed by atoms with Gasteiger partial charge in [0.05, 0.1) is 6.04 Å². The van der Waals surface area contributed by atoms with Gasteiger partial charge in [-0.05, 0) is 19.4 Å². The molecule has 1 aliphatic rings. The Kier molecular flexibility index (Phi) is 9.92. The van der Waals surface area contributed by atoms with Gasteiger partial charge in [0.15, 0.2) is 0 Å². The van der Waals surface area contributed by atoms with Crippen LogP contribution >= 0.6 is 0 Å². The highest BCUT2D eigenvalue weighted by Gasteiger charge is 2.35. The minimum atomic E-state index is -0.236. The predicted molar refractivity (Wildman–Crippen MR) is 92.2 cm³/mol. The number of unbranched alkanes of at least 4 members (excludes halogenated alkanes) is 6. The Morgan fingerprint density at radius 3 is 2.35 bits per heavy atom. The highest BCUT2D eigenvalue weighted by Crippen LogP contribution is 2.22. The van der Waals surface area contributed by atoms with Gasteiger partial charge in [0.1, 0.15) is 6.10 Å². The molecule has 0 aromatic carbocycles. The first kappa shape index (κ1) is 19.9. The Labute approximate surface area is 141 Å². The van der Waals surface area contributed by atoms with Gasteiger partial charge in [-0.2, -0.15) is 0 Å². The summed E-state index contributed by atoms with van der Waals surface area (Å²) in [7, 11) is 0. The Morgan fingerprint density at radius 2 is 1.74 bits per heavy atom. The number of rotatable bonds is 11. The van der Waals surface area contributed by atoms with Crippen molar-refractivity contribution in [2.45, 2.75) is 84.3 Å². The first-order valence-corrected chi connectivity index (χ1v) is 9.20. The van der Waals surface area contributed by atoms with Crippen LogP contribution in [-0.4, -0.2) is 48.6 Å². The quantitative estimate of drug-likeness (QED) is 0.468. The first-order valence-electron chi connectivity index (χ1n) is 9.20. The molecule has 2 unspecified atom stereocenters. The minimum absolute atomic E-state index is 0.0330. The van der Waals surface area contributed by atoms with Gasteiger partial charge in [0, 0.05) is 26.9 Å². The Balaban J connectivity index is 2.32. The lowest BCUT2D eigenvalue weighted by Gasteiger charge is -2.27. The van der Waals surface area contributed by atoms with E-state index >= 15 is 0 Å². The van der Waals surface area contributed by atoms with Gasteiger partial charge in [-0.15, -0.1) is 0 Å². The summed E-state index contributed by atoms with van der Waals surface area (Å²) in [6, 6.07) is 0.114. The second kappa shape index (κ2) is 11.4. The topological polar surface area (TPSA) is 58.6 Å². The van der Waals surface area contributed by atoms with E-state index in [1.54, 1.807) is 0 Å². The fourth-order valence-corrected chi connectivity index (χ4v) is 3.30. The summed E-state index contributed by atoms with van der Waals surface area (Å²) in [4.78, 5) is 24.8. The molecule has 1 saturated heterocycles. The van der Waals surface area contributed by atoms with E-state index in [4.69, 9.17) is 4.74 Å². The van der Waals surface area contributed by atoms with E-state index in [2.05, 4.69) is 17.1 Å². The van der Waals surface area contributed by atoms with Gasteiger partial charge in [0.25, 0.3) is 0 Å². The van der Waals surface area contributed by atoms with Crippen LogP contribution in [0.15, 0.2) is 0 Å². The lowest BCUT2D eigenvalue weighted by molar-refractivity contribution is -0.147. The van der Waals surface area contributed by atoms with E-state index < -0.39 is 0 Å². The van der Waals surface area contributed by atoms with Gasteiger partial charge in [-0.25, -0.2) is 0 Å². The molecule has 1 N–H and O–H groups in total. The number of hydrogen-bond acceptors (Lipinski definition) is 4. The maximum atomic E-state index is 11.2. The molecule has 1 aliphatic heterocycles. The fraction of sp³-hybridized carbons (Fsp3) is 0.889. The number of ether oxygens (including phenoxy) is 1. The maximum absolute atomic E-state index is 11.2. The van der Waals surface area contributed by atoms with E-state index in [1.807, 2.05) is 0 Å². The second-order valence-electron chi connectivity index (χ2n) is 6.60. The molecular weight excluding hydrogens is 292 g/mol. The summed E-state index contributed by atoms with van der Waals surface area (Å²) in [6.07, 6.45) is 9.81. The SMILES string of the molecule is CCCCCCCCCN1CCC(OC(C)=O)C1CNC(C)=O. The second-order valence-corrected chi connectivity index (χ2v) is 6.60. The molecule has 0 aromatic rings. The molecule has 1 fully saturated rings. The molecule has 1 rings (SSSR count). The zero-order valence-corrected chi connectivity index (χ0v) is 15.1. The van der Waals surface area contributed by atoms with Crippen molar-refractivity contribution in [1.29, 1.82) is 0 Å². The van der Waals surface area contributed by atoms with Gasteiger partial charge in [0.2, 0.25) is 5.91 Å². The number of nitrogens with zero attached hydrogens (tertiary/aromatic N) is 1. The van der Waals surface area contributed by atoms with Crippen molar-refractivity contribution in [3.8, 4) is 0 Å². The van der Waals surface area contributed by atoms with Gasteiger partial charge >= 0.3 is 5.97 Å². The molecule has 5 nitrogen and oxygen atoms in total. The molecule has 0 bridgehead atoms. The van der Waals surface area contributed by atoms with Crippen LogP contribution < -0.4 is 5.32 Å². The lowest BCUT2D eigenvalue weighted by atomic mass is 10.1. The van der Waals surface area contributed by atoms with Crippen molar-refractivity contribution >= 4 is 11.9 Å². The van der Waals surface area contributed by atoms with Gasteiger partial charge < -0.3 is 10.1 Å². The van der Waals surface area contributed by atoms with Crippen LogP contribution in [-0.2, 0) is 14.3 Å². The smallest absolute Gasteiger partial charge is 0.302 e. The molecule has 0 spiro atoms. The minimum Gasteiger partial charge on any atom is -0.461 e. The summed E-state index contributed by atoms with van der Waals surface area (Å²) in [6.45, 7) is 7.74. The molecule has 23 heavy (non-hydrogen) atoms. The number of likely N-dealkylation sites (tertiary alicyclic amines) is 1. The number of carbonyl (C=O) groups is 2. The zero-order chi connectivity index (χ0) is 17.1. The third-order valence-corrected chi connectivity index (χ3v) is 4.53. The third kappa shape index (κ3) is 8.35. The van der Waals surface area contributed by atoms with Crippen LogP contribution in [0.2, 0.25) is 0 Å². The fourth-order valence-electron chi connectivity index (χ4n) is 3.30. The average molecular weight is 326 g/mol. The molecule has 5 heteroatoms. The molecular formula is C18H34N2O3. The molecule has 0 saturated carbocycles. The number of nitrogens with one attached hydrogen (secondary N) is 1. The Morgan fingerprint density at radius 1 is 1.09 bits per heavy atom. The number of hydrogen-bond donors (Lipinski definition) is 1. The van der Waals surface area contributed by atoms with Crippen molar-refractivity contribution in [2.24, 2.45) is 0 Å². The van der Waals surface area contributed by atoms with E-state index in [1.165, 1.54) is 58.8 Å². The molecule has 1 heterocycles. The van der Waals surface area contributed by atoms with E-state index in [9.17, 15) is 9.59 Å². The first-order chi connectivity index (χ1) is 11.0. The van der Waals surface area contributed by atoms with Crippen molar-refractivity contribution in [1.82, 2.24) is 10.2 Å². The van der Waals surface area contributed by atoms with Crippen LogP contribution in [0, 0.1) is 0 Å². The molecule has 0 aromatic heterocycles. The van der Waals surface area contributed by atoms with Crippen molar-refractivity contribution < 1.29 is 14.3 Å². The number of amides is 1. The van der Waals surface area contributed by atoms with E-state index in [0.29, 0.717) is 6.54 Å². The normalized spacial score (nSPS) is 21.3. The largest absolute Gasteiger partial charge is 0.461 e. The summed E-state index contributed by atoms with van der Waals surface area (Å²) in [5.74, 6) is -0.269. The molecule has 134 valence electrons. The van der Waals surface area contributed by atoms with Crippen LogP contribution in [0.3, 0.4) is 0 Å². The molecule has 0 radical (unpaired) electrons. The summed E-state index contributed by atoms with van der Waals surface area (Å²) < 4.78 is 5.43. The van der Waals surface area contributed by atoms with Crippen molar-refractivity contribution in [3.05, 3.63) is 0 Å². The standard InChI is InChI=1S/C18H34N2O3/c1-4-5-6-7-8-9-10-12-20-13-11-18(23-16(3)22)17(20)14-19-15(2)21/h17-18H,4-14H2,1-3H3,(H,19,21). The number of esters is 1. The van der Waals surface area contributed by atoms with Gasteiger partial charge in [-0.3, -0.25) is 14.5 Å². The van der Waals surface area contributed by atoms with E-state index in [0.717, 1.165) is 19.5 Å². The average Bonchev–Trinajstić information content (AvgIpc) is 2.85. The maximum Gasteiger partial charge on any atom is 0.302 e. The zero-order valence-electron chi connectivity index (χ0n) is 15.1. The summed E-state index contributed by atoms with van der Waals surface area (Å²) >= 11 is 0. The third-order valence-electron chi connectivity index (χ3n) is 4.53. The van der Waals surface area contributed by atoms with E-state index in [-0.39, 0.29) is 24.0 Å². The summed E-state index contributed by atoms with van der Waals surface area (Å²) in [5.41, 5.74) is 0. The Bertz CT molecular complexity index is 360. The van der Waals surface area contributed by atoms with Crippen LogP contribution in [0.4, 0.5) is 0 Å². The molecule has 0 aliphatic carbocycles. The van der Waals surface area contributed by atoms with Crippen LogP contribution in [0.25, 0.3) is 0 Å². The highest BCUT2D eigenvalue weighted by atomic mass is 16.5. The van der Waals surface area contributed by atoms with Crippen LogP contribution in [0.5, 0.6) is 0 Å². The summed E-state index contributed by atoms with van der Waals surface area (Å²) in [5, 5.41) is 2.87. The lowest BCUT2D eigenvalue weighted by Crippen LogP contribution is -2.45. The van der Waals surface area contributed by atoms with Crippen molar-refractivity contribution in [2.75, 3.05) is 19.6 Å².